The summed E-state index contributed by atoms with van der Waals surface area (Å²) in [7, 11) is -3.61. The van der Waals surface area contributed by atoms with Crippen LogP contribution in [0.15, 0.2) is 84.6 Å². The molecule has 0 amide bonds. The van der Waals surface area contributed by atoms with Gasteiger partial charge in [-0.2, -0.15) is 0 Å². The Morgan fingerprint density at radius 3 is 2.00 bits per heavy atom. The van der Waals surface area contributed by atoms with Crippen LogP contribution in [0.4, 0.5) is 0 Å². The largest absolute Gasteiger partial charge is 0.541 e. The fraction of sp³-hybridized carbons (Fsp3) is 0.158. The van der Waals surface area contributed by atoms with E-state index in [0.717, 1.165) is 12.1 Å². The van der Waals surface area contributed by atoms with Gasteiger partial charge in [-0.15, -0.1) is 0 Å². The van der Waals surface area contributed by atoms with Crippen molar-refractivity contribution in [3.8, 4) is 11.5 Å². The van der Waals surface area contributed by atoms with E-state index >= 15 is 0 Å². The highest BCUT2D eigenvalue weighted by Gasteiger charge is 2.30. The van der Waals surface area contributed by atoms with Crippen LogP contribution >= 0.6 is 7.75 Å². The van der Waals surface area contributed by atoms with Crippen LogP contribution in [0.25, 0.3) is 0 Å². The van der Waals surface area contributed by atoms with E-state index in [4.69, 9.17) is 9.05 Å². The van der Waals surface area contributed by atoms with Crippen molar-refractivity contribution in [1.29, 1.82) is 0 Å². The summed E-state index contributed by atoms with van der Waals surface area (Å²) in [5.41, 5.74) is 0.834. The maximum Gasteiger partial charge on any atom is 0.541 e. The molecule has 124 valence electrons. The maximum atomic E-state index is 13.3. The van der Waals surface area contributed by atoms with Crippen molar-refractivity contribution in [2.45, 2.75) is 13.3 Å². The molecule has 0 bridgehead atoms. The molecule has 0 saturated heterocycles. The van der Waals surface area contributed by atoms with E-state index in [1.807, 2.05) is 48.6 Å². The molecule has 0 spiro atoms. The van der Waals surface area contributed by atoms with Gasteiger partial charge in [0.05, 0.1) is 0 Å². The van der Waals surface area contributed by atoms with Crippen molar-refractivity contribution < 1.29 is 13.6 Å². The number of benzene rings is 2. The van der Waals surface area contributed by atoms with E-state index in [9.17, 15) is 4.57 Å². The zero-order valence-corrected chi connectivity index (χ0v) is 14.4. The third-order valence-electron chi connectivity index (χ3n) is 3.50. The Labute approximate surface area is 142 Å². The number of allylic oxidation sites excluding steroid dienone is 4. The van der Waals surface area contributed by atoms with Gasteiger partial charge in [0.2, 0.25) is 0 Å². The molecule has 1 unspecified atom stereocenters. The lowest BCUT2D eigenvalue weighted by molar-refractivity contribution is 0.375. The first-order valence-corrected chi connectivity index (χ1v) is 9.42. The van der Waals surface area contributed by atoms with E-state index in [0.29, 0.717) is 17.4 Å². The highest BCUT2D eigenvalue weighted by Crippen LogP contribution is 2.46. The van der Waals surface area contributed by atoms with Gasteiger partial charge in [-0.3, -0.25) is 5.09 Å². The van der Waals surface area contributed by atoms with E-state index in [1.54, 1.807) is 24.3 Å². The lowest BCUT2D eigenvalue weighted by Gasteiger charge is -2.24. The lowest BCUT2D eigenvalue weighted by Crippen LogP contribution is -2.20. The first kappa shape index (κ1) is 16.4. The van der Waals surface area contributed by atoms with Crippen LogP contribution in [0, 0.1) is 5.92 Å². The first-order valence-electron chi connectivity index (χ1n) is 7.88. The molecule has 1 aliphatic carbocycles. The van der Waals surface area contributed by atoms with Crippen molar-refractivity contribution in [3.63, 3.8) is 0 Å². The van der Waals surface area contributed by atoms with Gasteiger partial charge in [-0.05, 0) is 42.7 Å². The Morgan fingerprint density at radius 1 is 0.958 bits per heavy atom. The molecule has 5 heteroatoms. The zero-order chi connectivity index (χ0) is 16.8. The Balaban J connectivity index is 1.84. The van der Waals surface area contributed by atoms with Crippen LogP contribution in [-0.4, -0.2) is 0 Å². The molecule has 1 aliphatic rings. The quantitative estimate of drug-likeness (QED) is 0.722. The van der Waals surface area contributed by atoms with E-state index < -0.39 is 7.75 Å². The molecule has 0 saturated carbocycles. The topological polar surface area (TPSA) is 47.6 Å². The normalized spacial score (nSPS) is 17.0. The third-order valence-corrected chi connectivity index (χ3v) is 4.96. The molecule has 0 radical (unpaired) electrons. The smallest absolute Gasteiger partial charge is 0.400 e. The number of hydrogen-bond donors (Lipinski definition) is 1. The average molecular weight is 341 g/mol. The van der Waals surface area contributed by atoms with Crippen LogP contribution in [0.5, 0.6) is 11.5 Å². The minimum Gasteiger partial charge on any atom is -0.400 e. The second kappa shape index (κ2) is 7.41. The Morgan fingerprint density at radius 2 is 1.50 bits per heavy atom. The molecule has 0 aromatic heterocycles. The van der Waals surface area contributed by atoms with Gasteiger partial charge in [0.15, 0.2) is 0 Å². The van der Waals surface area contributed by atoms with E-state index in [1.165, 1.54) is 0 Å². The van der Waals surface area contributed by atoms with Crippen LogP contribution < -0.4 is 14.1 Å². The highest BCUT2D eigenvalue weighted by molar-refractivity contribution is 7.52. The molecule has 0 fully saturated rings. The van der Waals surface area contributed by atoms with Gasteiger partial charge in [0.1, 0.15) is 11.5 Å². The number of para-hydroxylation sites is 2. The molecule has 1 N–H and O–H groups in total. The minimum atomic E-state index is -3.61. The predicted molar refractivity (Wildman–Crippen MR) is 95.9 cm³/mol. The summed E-state index contributed by atoms with van der Waals surface area (Å²) in [5.74, 6) is 1.35. The monoisotopic (exact) mass is 341 g/mol. The van der Waals surface area contributed by atoms with Crippen molar-refractivity contribution in [3.05, 3.63) is 84.6 Å². The molecule has 3 rings (SSSR count). The molecule has 1 atom stereocenters. The van der Waals surface area contributed by atoms with Gasteiger partial charge < -0.3 is 9.05 Å². The van der Waals surface area contributed by atoms with Crippen LogP contribution in [-0.2, 0) is 4.57 Å². The molecule has 0 heterocycles. The predicted octanol–water partition coefficient (Wildman–Crippen LogP) is 5.32. The summed E-state index contributed by atoms with van der Waals surface area (Å²) >= 11 is 0. The highest BCUT2D eigenvalue weighted by atomic mass is 31.2. The summed E-state index contributed by atoms with van der Waals surface area (Å²) in [4.78, 5) is 0. The minimum absolute atomic E-state index is 0.374. The zero-order valence-electron chi connectivity index (χ0n) is 13.5. The standard InChI is InChI=1S/C19H20NO3P/c1-16-9-8-10-17(15-16)20-24(21,22-18-11-4-2-5-12-18)23-19-13-6-3-7-14-19/h2-14,16H,15H2,1H3,(H,20,21). The van der Waals surface area contributed by atoms with Gasteiger partial charge in [0, 0.05) is 5.70 Å². The fourth-order valence-corrected chi connectivity index (χ4v) is 3.85. The van der Waals surface area contributed by atoms with Crippen LogP contribution in [0.1, 0.15) is 13.3 Å². The van der Waals surface area contributed by atoms with Crippen molar-refractivity contribution in [1.82, 2.24) is 5.09 Å². The second-order valence-corrected chi connectivity index (χ2v) is 7.26. The molecule has 2 aromatic carbocycles. The van der Waals surface area contributed by atoms with Gasteiger partial charge >= 0.3 is 7.75 Å². The number of rotatable bonds is 6. The maximum absolute atomic E-state index is 13.3. The molecule has 0 aliphatic heterocycles. The number of hydrogen-bond acceptors (Lipinski definition) is 3. The van der Waals surface area contributed by atoms with E-state index in [2.05, 4.69) is 18.1 Å². The van der Waals surface area contributed by atoms with Crippen molar-refractivity contribution >= 4 is 7.75 Å². The first-order chi connectivity index (χ1) is 11.6. The Hall–Kier alpha value is -2.45. The van der Waals surface area contributed by atoms with Crippen LogP contribution in [0.3, 0.4) is 0 Å². The van der Waals surface area contributed by atoms with Crippen molar-refractivity contribution in [2.24, 2.45) is 5.92 Å². The summed E-state index contributed by atoms with van der Waals surface area (Å²) in [5, 5.41) is 2.98. The molecule has 4 nitrogen and oxygen atoms in total. The molecule has 2 aromatic rings. The summed E-state index contributed by atoms with van der Waals surface area (Å²) in [6, 6.07) is 18.1. The SMILES string of the molecule is CC1C=CC=C(NP(=O)(Oc2ccccc2)Oc2ccccc2)C1. The number of nitrogens with one attached hydrogen (secondary N) is 1. The fourth-order valence-electron chi connectivity index (χ4n) is 2.41. The lowest BCUT2D eigenvalue weighted by atomic mass is 10.0. The Kier molecular flexibility index (Phi) is 5.07. The summed E-state index contributed by atoms with van der Waals surface area (Å²) in [6.45, 7) is 2.10. The average Bonchev–Trinajstić information content (AvgIpc) is 2.56. The van der Waals surface area contributed by atoms with Gasteiger partial charge in [0.25, 0.3) is 0 Å². The second-order valence-electron chi connectivity index (χ2n) is 5.68. The molecular formula is C19H20NO3P. The summed E-state index contributed by atoms with van der Waals surface area (Å²) in [6.07, 6.45) is 6.71. The summed E-state index contributed by atoms with van der Waals surface area (Å²) < 4.78 is 24.7. The third kappa shape index (κ3) is 4.53. The van der Waals surface area contributed by atoms with Crippen molar-refractivity contribution in [2.75, 3.05) is 0 Å². The molecule has 24 heavy (non-hydrogen) atoms. The van der Waals surface area contributed by atoms with Crippen LogP contribution in [0.2, 0.25) is 0 Å². The van der Waals surface area contributed by atoms with E-state index in [-0.39, 0.29) is 0 Å². The molecular weight excluding hydrogens is 321 g/mol. The van der Waals surface area contributed by atoms with Gasteiger partial charge in [-0.1, -0.05) is 55.5 Å². The van der Waals surface area contributed by atoms with Gasteiger partial charge in [-0.25, -0.2) is 4.57 Å². The Bertz CT molecular complexity index is 726.